The number of Topliss-reactive ketones (excluding diaryl/α,β-unsaturated/α-hetero) is 1. The van der Waals surface area contributed by atoms with Crippen molar-refractivity contribution in [1.29, 1.82) is 0 Å². The van der Waals surface area contributed by atoms with Crippen LogP contribution in [-0.2, 0) is 14.9 Å². The van der Waals surface area contributed by atoms with Crippen LogP contribution in [0.5, 0.6) is 11.5 Å². The Morgan fingerprint density at radius 3 is 2.29 bits per heavy atom. The maximum absolute atomic E-state index is 12.9. The van der Waals surface area contributed by atoms with E-state index in [2.05, 4.69) is 0 Å². The highest BCUT2D eigenvalue weighted by Gasteiger charge is 2.53. The molecule has 5 nitrogen and oxygen atoms in total. The molecule has 0 fully saturated rings. The van der Waals surface area contributed by atoms with Gasteiger partial charge in [-0.05, 0) is 45.4 Å². The molecule has 0 saturated carbocycles. The maximum Gasteiger partial charge on any atom is 0.228 e. The maximum atomic E-state index is 12.9. The van der Waals surface area contributed by atoms with Gasteiger partial charge in [0, 0.05) is 22.1 Å². The lowest BCUT2D eigenvalue weighted by Crippen LogP contribution is -2.45. The van der Waals surface area contributed by atoms with E-state index in [1.165, 1.54) is 13.2 Å². The number of hydrogen-bond donors (Lipinski definition) is 2. The van der Waals surface area contributed by atoms with Gasteiger partial charge in [-0.3, -0.25) is 9.59 Å². The van der Waals surface area contributed by atoms with Gasteiger partial charge in [-0.2, -0.15) is 0 Å². The fourth-order valence-electron chi connectivity index (χ4n) is 3.96. The summed E-state index contributed by atoms with van der Waals surface area (Å²) in [7, 11) is 1.40. The lowest BCUT2D eigenvalue weighted by atomic mass is 9.57. The molecule has 126 valence electrons. The van der Waals surface area contributed by atoms with Crippen molar-refractivity contribution in [2.24, 2.45) is 5.41 Å². The van der Waals surface area contributed by atoms with Gasteiger partial charge >= 0.3 is 0 Å². The van der Waals surface area contributed by atoms with E-state index in [1.807, 2.05) is 6.92 Å². The van der Waals surface area contributed by atoms with Crippen LogP contribution < -0.4 is 0 Å². The third kappa shape index (κ3) is 1.75. The van der Waals surface area contributed by atoms with Crippen LogP contribution in [0, 0.1) is 12.3 Å². The Hall–Kier alpha value is -2.56. The first-order chi connectivity index (χ1) is 11.1. The van der Waals surface area contributed by atoms with E-state index >= 15 is 0 Å². The van der Waals surface area contributed by atoms with Crippen LogP contribution >= 0.6 is 0 Å². The first kappa shape index (κ1) is 16.3. The fourth-order valence-corrected chi connectivity index (χ4v) is 3.96. The summed E-state index contributed by atoms with van der Waals surface area (Å²) in [6.45, 7) is 6.89. The molecule has 0 radical (unpaired) electrons. The summed E-state index contributed by atoms with van der Waals surface area (Å²) in [5.41, 5.74) is -0.404. The fraction of sp³-hybridized carbons (Fsp3) is 0.368. The largest absolute Gasteiger partial charge is 0.504 e. The van der Waals surface area contributed by atoms with E-state index in [9.17, 15) is 19.8 Å². The lowest BCUT2D eigenvalue weighted by molar-refractivity contribution is -0.121. The molecule has 2 N–H and O–H groups in total. The predicted molar refractivity (Wildman–Crippen MR) is 88.2 cm³/mol. The molecule has 24 heavy (non-hydrogen) atoms. The van der Waals surface area contributed by atoms with Crippen LogP contribution in [0.4, 0.5) is 0 Å². The topological polar surface area (TPSA) is 83.8 Å². The minimum atomic E-state index is -0.963. The van der Waals surface area contributed by atoms with Crippen LogP contribution in [0.15, 0.2) is 29.6 Å². The molecule has 5 heteroatoms. The van der Waals surface area contributed by atoms with Crippen LogP contribution in [0.1, 0.15) is 42.3 Å². The Morgan fingerprint density at radius 1 is 1.08 bits per heavy atom. The highest BCUT2D eigenvalue weighted by molar-refractivity contribution is 6.14. The Morgan fingerprint density at radius 2 is 1.71 bits per heavy atom. The lowest BCUT2D eigenvalue weighted by Gasteiger charge is -2.45. The zero-order chi connectivity index (χ0) is 18.0. The van der Waals surface area contributed by atoms with E-state index in [-0.39, 0.29) is 28.6 Å². The van der Waals surface area contributed by atoms with Gasteiger partial charge in [-0.1, -0.05) is 6.08 Å². The predicted octanol–water partition coefficient (Wildman–Crippen LogP) is 2.93. The van der Waals surface area contributed by atoms with Crippen molar-refractivity contribution >= 4 is 11.6 Å². The molecule has 1 aromatic rings. The summed E-state index contributed by atoms with van der Waals surface area (Å²) >= 11 is 0. The van der Waals surface area contributed by atoms with Crippen LogP contribution in [-0.4, -0.2) is 28.9 Å². The highest BCUT2D eigenvalue weighted by atomic mass is 16.5. The van der Waals surface area contributed by atoms with E-state index in [1.54, 1.807) is 32.9 Å². The summed E-state index contributed by atoms with van der Waals surface area (Å²) in [5, 5.41) is 20.7. The molecular weight excluding hydrogens is 308 g/mol. The summed E-state index contributed by atoms with van der Waals surface area (Å²) < 4.78 is 5.39. The van der Waals surface area contributed by atoms with E-state index < -0.39 is 16.6 Å². The van der Waals surface area contributed by atoms with Gasteiger partial charge < -0.3 is 14.9 Å². The SMILES string of the molecule is COC1=C2C(C)(C)C(=O)C=C[C@@]2(C)c2c(cc(C)c(O)c2O)C1=O. The van der Waals surface area contributed by atoms with Gasteiger partial charge in [-0.25, -0.2) is 0 Å². The average molecular weight is 328 g/mol. The Bertz CT molecular complexity index is 857. The Labute approximate surface area is 140 Å². The Balaban J connectivity index is 2.51. The smallest absolute Gasteiger partial charge is 0.228 e. The highest BCUT2D eigenvalue weighted by Crippen LogP contribution is 2.56. The van der Waals surface area contributed by atoms with Gasteiger partial charge in [-0.15, -0.1) is 0 Å². The van der Waals surface area contributed by atoms with Crippen molar-refractivity contribution in [2.75, 3.05) is 7.11 Å². The first-order valence-corrected chi connectivity index (χ1v) is 7.71. The van der Waals surface area contributed by atoms with Crippen molar-refractivity contribution in [2.45, 2.75) is 33.1 Å². The molecule has 0 aliphatic heterocycles. The molecule has 0 saturated heterocycles. The first-order valence-electron chi connectivity index (χ1n) is 7.71. The van der Waals surface area contributed by atoms with E-state index in [0.717, 1.165) is 0 Å². The number of ketones is 2. The van der Waals surface area contributed by atoms with Crippen molar-refractivity contribution in [3.8, 4) is 11.5 Å². The summed E-state index contributed by atoms with van der Waals surface area (Å²) in [4.78, 5) is 25.3. The quantitative estimate of drug-likeness (QED) is 0.774. The van der Waals surface area contributed by atoms with E-state index in [0.29, 0.717) is 16.7 Å². The molecule has 3 rings (SSSR count). The number of carbonyl (C=O) groups excluding carboxylic acids is 2. The molecular formula is C19H20O5. The molecule has 1 atom stereocenters. The number of hydrogen-bond acceptors (Lipinski definition) is 5. The standard InChI is InChI=1S/C19H20O5/c1-9-8-10-12(15(23)13(9)21)19(4)7-6-11(20)18(2,3)17(19)16(24-5)14(10)22/h6-8,21,23H,1-5H3/t19-/m0/s1. The zero-order valence-electron chi connectivity index (χ0n) is 14.4. The van der Waals surface area contributed by atoms with Gasteiger partial charge in [0.2, 0.25) is 5.78 Å². The normalized spacial score (nSPS) is 24.7. The summed E-state index contributed by atoms with van der Waals surface area (Å²) in [5.74, 6) is -1.00. The second-order valence-corrected chi connectivity index (χ2v) is 7.08. The summed E-state index contributed by atoms with van der Waals surface area (Å²) in [6.07, 6.45) is 3.13. The van der Waals surface area contributed by atoms with E-state index in [4.69, 9.17) is 4.74 Å². The van der Waals surface area contributed by atoms with Gasteiger partial charge in [0.15, 0.2) is 23.0 Å². The monoisotopic (exact) mass is 328 g/mol. The zero-order valence-corrected chi connectivity index (χ0v) is 14.4. The number of carbonyl (C=O) groups is 2. The van der Waals surface area contributed by atoms with Crippen molar-refractivity contribution in [3.63, 3.8) is 0 Å². The third-order valence-electron chi connectivity index (χ3n) is 5.19. The number of phenolic OH excluding ortho intramolecular Hbond substituents is 2. The second-order valence-electron chi connectivity index (χ2n) is 7.08. The van der Waals surface area contributed by atoms with Crippen molar-refractivity contribution < 1.29 is 24.5 Å². The number of ether oxygens (including phenoxy) is 1. The minimum absolute atomic E-state index is 0.122. The minimum Gasteiger partial charge on any atom is -0.504 e. The van der Waals surface area contributed by atoms with Crippen LogP contribution in [0.3, 0.4) is 0 Å². The average Bonchev–Trinajstić information content (AvgIpc) is 2.51. The molecule has 0 aromatic heterocycles. The summed E-state index contributed by atoms with van der Waals surface area (Å²) in [6, 6.07) is 1.55. The molecule has 0 amide bonds. The molecule has 0 spiro atoms. The van der Waals surface area contributed by atoms with Gasteiger partial charge in [0.25, 0.3) is 0 Å². The molecule has 2 aliphatic rings. The number of rotatable bonds is 1. The van der Waals surface area contributed by atoms with Gasteiger partial charge in [0.05, 0.1) is 12.5 Å². The number of methoxy groups -OCH3 is 1. The second kappa shape index (κ2) is 4.72. The van der Waals surface area contributed by atoms with Crippen molar-refractivity contribution in [1.82, 2.24) is 0 Å². The molecule has 0 heterocycles. The molecule has 0 unspecified atom stereocenters. The van der Waals surface area contributed by atoms with Crippen LogP contribution in [0.25, 0.3) is 0 Å². The Kier molecular flexibility index (Phi) is 3.21. The molecule has 2 aliphatic carbocycles. The van der Waals surface area contributed by atoms with Crippen LogP contribution in [0.2, 0.25) is 0 Å². The number of aryl methyl sites for hydroxylation is 1. The third-order valence-corrected chi connectivity index (χ3v) is 5.19. The number of fused-ring (bicyclic) bond motifs is 3. The van der Waals surface area contributed by atoms with Crippen molar-refractivity contribution in [3.05, 3.63) is 46.2 Å². The van der Waals surface area contributed by atoms with Gasteiger partial charge in [0.1, 0.15) is 0 Å². The number of phenols is 2. The molecule has 1 aromatic carbocycles. The number of aromatic hydroxyl groups is 2. The number of benzene rings is 1. The molecule has 0 bridgehead atoms. The number of allylic oxidation sites excluding steroid dienone is 4.